The number of hydrogen-bond acceptors (Lipinski definition) is 8. The Hall–Kier alpha value is -4.47. The van der Waals surface area contributed by atoms with Crippen molar-refractivity contribution in [2.75, 3.05) is 32.2 Å². The Morgan fingerprint density at radius 3 is 2.02 bits per heavy atom. The molecule has 1 fully saturated rings. The van der Waals surface area contributed by atoms with E-state index in [1.807, 2.05) is 49.6 Å². The van der Waals surface area contributed by atoms with Crippen molar-refractivity contribution < 1.29 is 24.1 Å². The van der Waals surface area contributed by atoms with Gasteiger partial charge < -0.3 is 29.1 Å². The first-order valence-electron chi connectivity index (χ1n) is 17.1. The molecule has 48 heavy (non-hydrogen) atoms. The average molecular weight is 658 g/mol. The quantitative estimate of drug-likeness (QED) is 0.146. The minimum atomic E-state index is -0.523. The summed E-state index contributed by atoms with van der Waals surface area (Å²) >= 11 is 0. The second kappa shape index (κ2) is 15.6. The molecule has 0 unspecified atom stereocenters. The topological polar surface area (TPSA) is 102 Å². The van der Waals surface area contributed by atoms with Crippen molar-refractivity contribution in [2.24, 2.45) is 5.92 Å². The highest BCUT2D eigenvalue weighted by Gasteiger charge is 2.29. The molecule has 10 nitrogen and oxygen atoms in total. The van der Waals surface area contributed by atoms with Crippen molar-refractivity contribution in [3.8, 4) is 17.5 Å². The van der Waals surface area contributed by atoms with Crippen LogP contribution in [0.4, 0.5) is 10.6 Å². The minimum Gasteiger partial charge on any atom is -0.497 e. The van der Waals surface area contributed by atoms with E-state index in [0.29, 0.717) is 38.2 Å². The summed E-state index contributed by atoms with van der Waals surface area (Å²) in [6, 6.07) is 18.3. The summed E-state index contributed by atoms with van der Waals surface area (Å²) in [7, 11) is 3.34. The number of unbranched alkanes of at least 4 members (excludes halogenated alkanes) is 2. The summed E-state index contributed by atoms with van der Waals surface area (Å²) in [5, 5.41) is 11.3. The molecule has 1 aliphatic rings. The molecular weight excluding hydrogens is 606 g/mol. The number of methoxy groups -OCH3 is 2. The number of carbonyl (C=O) groups excluding carboxylic acids is 1. The molecule has 0 radical (unpaired) electrons. The molecule has 2 aromatic carbocycles. The second-order valence-corrected chi connectivity index (χ2v) is 13.7. The lowest BCUT2D eigenvalue weighted by molar-refractivity contribution is 0.0177. The van der Waals surface area contributed by atoms with E-state index in [1.54, 1.807) is 19.1 Å². The fourth-order valence-corrected chi connectivity index (χ4v) is 6.22. The third kappa shape index (κ3) is 8.90. The molecule has 258 valence electrons. The van der Waals surface area contributed by atoms with E-state index in [2.05, 4.69) is 42.2 Å². The lowest BCUT2D eigenvalue weighted by atomic mass is 9.97. The molecule has 0 saturated carbocycles. The molecule has 5 rings (SSSR count). The molecule has 1 aliphatic heterocycles. The van der Waals surface area contributed by atoms with Crippen LogP contribution in [0.25, 0.3) is 11.0 Å². The highest BCUT2D eigenvalue weighted by Crippen LogP contribution is 2.34. The van der Waals surface area contributed by atoms with Crippen molar-refractivity contribution in [1.29, 1.82) is 0 Å². The van der Waals surface area contributed by atoms with E-state index in [9.17, 15) is 9.90 Å². The fourth-order valence-electron chi connectivity index (χ4n) is 6.22. The van der Waals surface area contributed by atoms with E-state index in [-0.39, 0.29) is 18.0 Å². The van der Waals surface area contributed by atoms with Gasteiger partial charge in [-0.1, -0.05) is 44.0 Å². The molecule has 0 aliphatic carbocycles. The molecule has 0 bridgehead atoms. The number of anilines is 1. The van der Waals surface area contributed by atoms with Crippen LogP contribution in [0, 0.1) is 5.92 Å². The number of aromatic nitrogens is 3. The lowest BCUT2D eigenvalue weighted by Gasteiger charge is -2.33. The van der Waals surface area contributed by atoms with Crippen LogP contribution in [-0.2, 0) is 30.8 Å². The Kier molecular flexibility index (Phi) is 11.3. The van der Waals surface area contributed by atoms with Crippen molar-refractivity contribution in [3.05, 3.63) is 71.4 Å². The highest BCUT2D eigenvalue weighted by molar-refractivity contribution is 5.88. The van der Waals surface area contributed by atoms with Gasteiger partial charge in [-0.15, -0.1) is 0 Å². The molecule has 2 aromatic heterocycles. The summed E-state index contributed by atoms with van der Waals surface area (Å²) in [5.74, 6) is 2.64. The smallest absolute Gasteiger partial charge is 0.410 e. The molecule has 0 spiro atoms. The summed E-state index contributed by atoms with van der Waals surface area (Å²) in [5.41, 5.74) is 4.24. The standard InChI is InChI=1S/C38H51N5O5/c1-7-8-9-10-30-23-33-34(40-36(44)43(33)26-29-19-21-41(22-20-29)37(45)48-38(2,3)4)35(39-30)42(24-27-11-15-31(46-5)16-12-27)25-28-13-17-32(47-6)18-14-28/h11-18,23,29H,7-10,19-22,24-26H2,1-6H3,(H,40,44). The van der Waals surface area contributed by atoms with Crippen molar-refractivity contribution >= 4 is 22.9 Å². The van der Waals surface area contributed by atoms with Gasteiger partial charge in [0, 0.05) is 38.4 Å². The monoisotopic (exact) mass is 657 g/mol. The number of hydrogen-bond donors (Lipinski definition) is 1. The minimum absolute atomic E-state index is 0.0119. The Morgan fingerprint density at radius 2 is 1.50 bits per heavy atom. The van der Waals surface area contributed by atoms with Gasteiger partial charge in [0.2, 0.25) is 0 Å². The van der Waals surface area contributed by atoms with Crippen LogP contribution in [0.5, 0.6) is 17.5 Å². The first-order chi connectivity index (χ1) is 23.1. The van der Waals surface area contributed by atoms with Crippen molar-refractivity contribution in [2.45, 2.75) is 91.5 Å². The van der Waals surface area contributed by atoms with Crippen LogP contribution in [0.15, 0.2) is 54.6 Å². The first kappa shape index (κ1) is 34.9. The van der Waals surface area contributed by atoms with Gasteiger partial charge in [0.15, 0.2) is 5.82 Å². The van der Waals surface area contributed by atoms with Gasteiger partial charge in [-0.05, 0) is 93.8 Å². The molecule has 0 atom stereocenters. The number of likely N-dealkylation sites (tertiary alicyclic amines) is 1. The summed E-state index contributed by atoms with van der Waals surface area (Å²) in [4.78, 5) is 26.7. The maximum atomic E-state index is 12.7. The van der Waals surface area contributed by atoms with Gasteiger partial charge in [0.1, 0.15) is 22.6 Å². The predicted molar refractivity (Wildman–Crippen MR) is 189 cm³/mol. The van der Waals surface area contributed by atoms with Crippen LogP contribution in [-0.4, -0.2) is 63.5 Å². The number of fused-ring (bicyclic) bond motifs is 1. The van der Waals surface area contributed by atoms with Gasteiger partial charge in [0.05, 0.1) is 19.7 Å². The molecule has 1 amide bonds. The SMILES string of the molecule is CCCCCc1cc2c(nc(O)n2CC2CCN(C(=O)OC(C)(C)C)CC2)c(N(Cc2ccc(OC)cc2)Cc2ccc(OC)cc2)n1. The third-order valence-corrected chi connectivity index (χ3v) is 8.86. The van der Waals surface area contributed by atoms with E-state index >= 15 is 0 Å². The summed E-state index contributed by atoms with van der Waals surface area (Å²) in [6.45, 7) is 10.9. The first-order valence-corrected chi connectivity index (χ1v) is 17.1. The molecule has 1 N–H and O–H groups in total. The molecule has 10 heteroatoms. The zero-order chi connectivity index (χ0) is 34.3. The second-order valence-electron chi connectivity index (χ2n) is 13.7. The largest absolute Gasteiger partial charge is 0.497 e. The van der Waals surface area contributed by atoms with Gasteiger partial charge >= 0.3 is 6.09 Å². The van der Waals surface area contributed by atoms with Gasteiger partial charge in [-0.3, -0.25) is 4.57 Å². The lowest BCUT2D eigenvalue weighted by Crippen LogP contribution is -2.42. The molecule has 4 aromatic rings. The number of benzene rings is 2. The van der Waals surface area contributed by atoms with E-state index in [1.165, 1.54) is 0 Å². The van der Waals surface area contributed by atoms with Crippen LogP contribution in [0.1, 0.15) is 76.6 Å². The number of nitrogens with zero attached hydrogens (tertiary/aromatic N) is 5. The number of imidazole rings is 1. The number of pyridine rings is 1. The number of amides is 1. The maximum Gasteiger partial charge on any atom is 0.410 e. The molecule has 3 heterocycles. The Labute approximate surface area is 284 Å². The van der Waals surface area contributed by atoms with Crippen LogP contribution >= 0.6 is 0 Å². The molecular formula is C38H51N5O5. The predicted octanol–water partition coefficient (Wildman–Crippen LogP) is 7.74. The average Bonchev–Trinajstić information content (AvgIpc) is 3.38. The number of piperidine rings is 1. The van der Waals surface area contributed by atoms with Gasteiger partial charge in [-0.2, -0.15) is 4.98 Å². The number of aromatic hydroxyl groups is 1. The Bertz CT molecular complexity index is 1590. The normalized spacial score (nSPS) is 13.9. The number of aryl methyl sites for hydroxylation is 1. The van der Waals surface area contributed by atoms with Crippen LogP contribution in [0.3, 0.4) is 0 Å². The fraction of sp³-hybridized carbons (Fsp3) is 0.500. The molecule has 1 saturated heterocycles. The zero-order valence-electron chi connectivity index (χ0n) is 29.4. The highest BCUT2D eigenvalue weighted by atomic mass is 16.6. The number of ether oxygens (including phenoxy) is 3. The van der Waals surface area contributed by atoms with E-state index in [0.717, 1.165) is 78.2 Å². The van der Waals surface area contributed by atoms with Gasteiger partial charge in [-0.25, -0.2) is 9.78 Å². The van der Waals surface area contributed by atoms with Crippen LogP contribution in [0.2, 0.25) is 0 Å². The van der Waals surface area contributed by atoms with Crippen molar-refractivity contribution in [1.82, 2.24) is 19.4 Å². The van der Waals surface area contributed by atoms with E-state index in [4.69, 9.17) is 24.2 Å². The van der Waals surface area contributed by atoms with E-state index < -0.39 is 5.60 Å². The van der Waals surface area contributed by atoms with Gasteiger partial charge in [0.25, 0.3) is 6.01 Å². The number of rotatable bonds is 13. The third-order valence-electron chi connectivity index (χ3n) is 8.86. The summed E-state index contributed by atoms with van der Waals surface area (Å²) < 4.78 is 18.4. The Balaban J connectivity index is 1.48. The zero-order valence-corrected chi connectivity index (χ0v) is 29.4. The van der Waals surface area contributed by atoms with Crippen LogP contribution < -0.4 is 14.4 Å². The number of carbonyl (C=O) groups is 1. The Morgan fingerprint density at radius 1 is 0.917 bits per heavy atom. The summed E-state index contributed by atoms with van der Waals surface area (Å²) in [6.07, 6.45) is 5.50. The maximum absolute atomic E-state index is 12.7. The van der Waals surface area contributed by atoms with Crippen molar-refractivity contribution in [3.63, 3.8) is 0 Å².